The van der Waals surface area contributed by atoms with Gasteiger partial charge < -0.3 is 28.3 Å². The summed E-state index contributed by atoms with van der Waals surface area (Å²) in [6, 6.07) is 17.3. The van der Waals surface area contributed by atoms with Crippen LogP contribution in [0.4, 0.5) is 0 Å². The SMILES string of the molecule is CCN(CC)CC.O=P(OCCCCOP(O)O)(Oc1ccccc1)Oc1ccccc1. The maximum absolute atomic E-state index is 12.9. The van der Waals surface area contributed by atoms with Crippen molar-refractivity contribution in [1.82, 2.24) is 4.90 Å². The van der Waals surface area contributed by atoms with E-state index in [0.717, 1.165) is 0 Å². The van der Waals surface area contributed by atoms with Gasteiger partial charge >= 0.3 is 16.4 Å². The first-order valence-corrected chi connectivity index (χ1v) is 13.3. The van der Waals surface area contributed by atoms with Crippen molar-refractivity contribution < 1.29 is 32.4 Å². The minimum absolute atomic E-state index is 0.106. The van der Waals surface area contributed by atoms with Crippen LogP contribution in [0.15, 0.2) is 60.7 Å². The molecule has 0 aliphatic carbocycles. The molecule has 0 atom stereocenters. The molecular formula is C22H35NO7P2. The van der Waals surface area contributed by atoms with Crippen molar-refractivity contribution in [2.24, 2.45) is 0 Å². The second-order valence-corrected chi connectivity index (χ2v) is 8.78. The van der Waals surface area contributed by atoms with E-state index in [1.165, 1.54) is 19.6 Å². The highest BCUT2D eigenvalue weighted by molar-refractivity contribution is 7.49. The van der Waals surface area contributed by atoms with Crippen LogP contribution in [0.3, 0.4) is 0 Å². The van der Waals surface area contributed by atoms with Gasteiger partial charge in [-0.1, -0.05) is 57.2 Å². The van der Waals surface area contributed by atoms with Gasteiger partial charge in [0.25, 0.3) is 0 Å². The fraction of sp³-hybridized carbons (Fsp3) is 0.455. The highest BCUT2D eigenvalue weighted by Crippen LogP contribution is 2.49. The lowest BCUT2D eigenvalue weighted by Crippen LogP contribution is -2.21. The zero-order valence-electron chi connectivity index (χ0n) is 19.0. The minimum Gasteiger partial charge on any atom is -0.395 e. The number of unbranched alkanes of at least 4 members (excludes halogenated alkanes) is 1. The Morgan fingerprint density at radius 1 is 0.781 bits per heavy atom. The molecule has 0 aromatic heterocycles. The summed E-state index contributed by atoms with van der Waals surface area (Å²) in [7, 11) is -6.22. The molecule has 10 heteroatoms. The number of rotatable bonds is 14. The van der Waals surface area contributed by atoms with Crippen LogP contribution in [0.5, 0.6) is 11.5 Å². The zero-order valence-corrected chi connectivity index (χ0v) is 20.8. The van der Waals surface area contributed by atoms with E-state index in [1.54, 1.807) is 48.5 Å². The highest BCUT2D eigenvalue weighted by Gasteiger charge is 2.30. The average Bonchev–Trinajstić information content (AvgIpc) is 2.79. The number of phosphoric acid groups is 1. The van der Waals surface area contributed by atoms with Crippen molar-refractivity contribution in [3.63, 3.8) is 0 Å². The Morgan fingerprint density at radius 3 is 1.59 bits per heavy atom. The topological polar surface area (TPSA) is 97.7 Å². The lowest BCUT2D eigenvalue weighted by Gasteiger charge is -2.19. The summed E-state index contributed by atoms with van der Waals surface area (Å²) in [5, 5.41) is 0. The van der Waals surface area contributed by atoms with Crippen molar-refractivity contribution >= 4 is 16.4 Å². The second kappa shape index (κ2) is 17.0. The molecule has 0 aliphatic heterocycles. The quantitative estimate of drug-likeness (QED) is 0.262. The van der Waals surface area contributed by atoms with Crippen molar-refractivity contribution in [3.8, 4) is 11.5 Å². The van der Waals surface area contributed by atoms with Crippen LogP contribution in [0.2, 0.25) is 0 Å². The molecule has 180 valence electrons. The van der Waals surface area contributed by atoms with Gasteiger partial charge in [-0.3, -0.25) is 4.52 Å². The lowest BCUT2D eigenvalue weighted by molar-refractivity contribution is 0.194. The van der Waals surface area contributed by atoms with Gasteiger partial charge in [0.2, 0.25) is 0 Å². The molecule has 0 amide bonds. The molecule has 32 heavy (non-hydrogen) atoms. The summed E-state index contributed by atoms with van der Waals surface area (Å²) in [4.78, 5) is 19.7. The maximum atomic E-state index is 12.9. The van der Waals surface area contributed by atoms with Crippen LogP contribution in [0.1, 0.15) is 33.6 Å². The van der Waals surface area contributed by atoms with Gasteiger partial charge in [-0.2, -0.15) is 0 Å². The van der Waals surface area contributed by atoms with E-state index in [4.69, 9.17) is 23.4 Å². The Kier molecular flexibility index (Phi) is 15.2. The first kappa shape index (κ1) is 28.5. The van der Waals surface area contributed by atoms with Crippen LogP contribution in [0.25, 0.3) is 0 Å². The molecule has 2 aromatic carbocycles. The Balaban J connectivity index is 0.000000633. The van der Waals surface area contributed by atoms with Gasteiger partial charge in [-0.25, -0.2) is 4.57 Å². The molecule has 0 radical (unpaired) electrons. The first-order chi connectivity index (χ1) is 15.4. The monoisotopic (exact) mass is 487 g/mol. The van der Waals surface area contributed by atoms with Gasteiger partial charge in [0.05, 0.1) is 13.2 Å². The van der Waals surface area contributed by atoms with E-state index in [0.29, 0.717) is 24.3 Å². The molecular weight excluding hydrogens is 452 g/mol. The number of phosphoric ester groups is 1. The Bertz CT molecular complexity index is 695. The molecule has 0 saturated carbocycles. The number of para-hydroxylation sites is 2. The molecule has 0 saturated heterocycles. The smallest absolute Gasteiger partial charge is 0.395 e. The molecule has 8 nitrogen and oxygen atoms in total. The fourth-order valence-corrected chi connectivity index (χ4v) is 4.04. The summed E-state index contributed by atoms with van der Waals surface area (Å²) in [6.07, 6.45) is 1.00. The molecule has 0 fully saturated rings. The molecule has 0 spiro atoms. The van der Waals surface area contributed by atoms with Crippen LogP contribution in [0, 0.1) is 0 Å². The fourth-order valence-electron chi connectivity index (χ4n) is 2.49. The molecule has 2 N–H and O–H groups in total. The standard InChI is InChI=1S/C16H20O7P2.C6H15N/c17-24(18)20-13-7-8-14-21-25(19,22-15-9-3-1-4-10-15)23-16-11-5-2-6-12-16;1-4-7(5-2)6-3/h1-6,9-12,17-18H,7-8,13-14H2;4-6H2,1-3H3. The van der Waals surface area contributed by atoms with Crippen LogP contribution in [-0.4, -0.2) is 47.5 Å². The van der Waals surface area contributed by atoms with E-state index in [2.05, 4.69) is 30.2 Å². The number of hydrogen-bond acceptors (Lipinski definition) is 8. The second-order valence-electron chi connectivity index (χ2n) is 6.50. The Morgan fingerprint density at radius 2 is 1.22 bits per heavy atom. The summed E-state index contributed by atoms with van der Waals surface area (Å²) in [5.74, 6) is 0.743. The maximum Gasteiger partial charge on any atom is 0.587 e. The van der Waals surface area contributed by atoms with Crippen LogP contribution in [-0.2, 0) is 13.6 Å². The number of nitrogens with zero attached hydrogens (tertiary/aromatic N) is 1. The first-order valence-electron chi connectivity index (χ1n) is 10.7. The largest absolute Gasteiger partial charge is 0.587 e. The summed E-state index contributed by atoms with van der Waals surface area (Å²) in [6.45, 7) is 10.4. The molecule has 0 unspecified atom stereocenters. The minimum atomic E-state index is -3.87. The van der Waals surface area contributed by atoms with Crippen LogP contribution < -0.4 is 9.05 Å². The Labute approximate surface area is 192 Å². The Hall–Kier alpha value is -1.50. The van der Waals surface area contributed by atoms with Gasteiger partial charge in [0.15, 0.2) is 0 Å². The molecule has 2 aromatic rings. The van der Waals surface area contributed by atoms with Crippen molar-refractivity contribution in [2.45, 2.75) is 33.6 Å². The predicted molar refractivity (Wildman–Crippen MR) is 128 cm³/mol. The molecule has 0 bridgehead atoms. The van der Waals surface area contributed by atoms with Crippen molar-refractivity contribution in [3.05, 3.63) is 60.7 Å². The van der Waals surface area contributed by atoms with Gasteiger partial charge in [-0.05, 0) is 56.7 Å². The average molecular weight is 487 g/mol. The number of hydrogen-bond donors (Lipinski definition) is 2. The van der Waals surface area contributed by atoms with E-state index in [1.807, 2.05) is 12.1 Å². The van der Waals surface area contributed by atoms with E-state index in [-0.39, 0.29) is 13.2 Å². The number of benzene rings is 2. The molecule has 2 rings (SSSR count). The summed E-state index contributed by atoms with van der Waals surface area (Å²) < 4.78 is 33.9. The zero-order chi connectivity index (χ0) is 23.7. The highest BCUT2D eigenvalue weighted by atomic mass is 31.2. The third kappa shape index (κ3) is 13.1. The predicted octanol–water partition coefficient (Wildman–Crippen LogP) is 5.63. The third-order valence-electron chi connectivity index (χ3n) is 4.26. The summed E-state index contributed by atoms with van der Waals surface area (Å²) >= 11 is 0. The van der Waals surface area contributed by atoms with Crippen molar-refractivity contribution in [1.29, 1.82) is 0 Å². The molecule has 0 aliphatic rings. The van der Waals surface area contributed by atoms with E-state index in [9.17, 15) is 4.57 Å². The van der Waals surface area contributed by atoms with E-state index >= 15 is 0 Å². The third-order valence-corrected chi connectivity index (χ3v) is 6.04. The van der Waals surface area contributed by atoms with Crippen LogP contribution >= 0.6 is 16.4 Å². The van der Waals surface area contributed by atoms with E-state index < -0.39 is 16.4 Å². The normalized spacial score (nSPS) is 11.2. The summed E-state index contributed by atoms with van der Waals surface area (Å²) in [5.41, 5.74) is 0. The van der Waals surface area contributed by atoms with Gasteiger partial charge in [-0.15, -0.1) is 0 Å². The van der Waals surface area contributed by atoms with Gasteiger partial charge in [0, 0.05) is 0 Å². The van der Waals surface area contributed by atoms with Crippen molar-refractivity contribution in [2.75, 3.05) is 32.8 Å². The lowest BCUT2D eigenvalue weighted by atomic mass is 10.3. The van der Waals surface area contributed by atoms with Gasteiger partial charge in [0.1, 0.15) is 11.5 Å². The molecule has 0 heterocycles.